The molecule has 1 saturated heterocycles. The molecule has 0 radical (unpaired) electrons. The van der Waals surface area contributed by atoms with Crippen molar-refractivity contribution in [3.63, 3.8) is 0 Å². The highest BCUT2D eigenvalue weighted by molar-refractivity contribution is 5.91. The molecule has 14 nitrogen and oxygen atoms in total. The largest absolute Gasteiger partial charge is 0.469 e. The van der Waals surface area contributed by atoms with Crippen LogP contribution in [0, 0.1) is 50.2 Å². The number of allylic oxidation sites excluding steroid dienone is 2. The predicted octanol–water partition coefficient (Wildman–Crippen LogP) is 2.73. The summed E-state index contributed by atoms with van der Waals surface area (Å²) in [7, 11) is 2.58. The Morgan fingerprint density at radius 1 is 0.800 bits per heavy atom. The molecule has 5 N–H and O–H groups in total. The number of ether oxygens (including phenoxy) is 5. The van der Waals surface area contributed by atoms with Crippen LogP contribution in [0.1, 0.15) is 105 Å². The van der Waals surface area contributed by atoms with Gasteiger partial charge in [-0.05, 0) is 105 Å². The minimum Gasteiger partial charge on any atom is -0.469 e. The molecule has 0 aromatic rings. The van der Waals surface area contributed by atoms with Crippen molar-refractivity contribution in [3.8, 4) is 0 Å². The predicted molar refractivity (Wildman–Crippen MR) is 193 cm³/mol. The van der Waals surface area contributed by atoms with E-state index in [9.17, 15) is 44.7 Å². The molecule has 0 aromatic heterocycles. The molecule has 4 saturated carbocycles. The molecule has 0 amide bonds. The van der Waals surface area contributed by atoms with E-state index in [2.05, 4.69) is 31.6 Å². The van der Waals surface area contributed by atoms with Crippen LogP contribution in [-0.2, 0) is 42.9 Å². The molecule has 6 rings (SSSR count). The molecule has 310 valence electrons. The van der Waals surface area contributed by atoms with Gasteiger partial charge in [0.2, 0.25) is 6.29 Å². The molecule has 0 aromatic carbocycles. The van der Waals surface area contributed by atoms with Crippen LogP contribution in [-0.4, -0.2) is 114 Å². The summed E-state index contributed by atoms with van der Waals surface area (Å²) in [6.45, 7) is 10.1. The Hall–Kier alpha value is -2.62. The number of esters is 4. The fraction of sp³-hybridized carbons (Fsp3) is 0.854. The van der Waals surface area contributed by atoms with E-state index in [0.29, 0.717) is 44.9 Å². The van der Waals surface area contributed by atoms with Gasteiger partial charge in [0.15, 0.2) is 0 Å². The van der Waals surface area contributed by atoms with E-state index in [4.69, 9.17) is 18.9 Å². The van der Waals surface area contributed by atoms with Gasteiger partial charge in [0.1, 0.15) is 30.8 Å². The van der Waals surface area contributed by atoms with Gasteiger partial charge >= 0.3 is 23.9 Å². The molecule has 15 atom stereocenters. The SMILES string of the molecule is COC(=O)CC(=O)OCC1(C)CCC2(C(=O)OC3OC(CO)C(O)C(O)C3O)CCC3(C)C(=CCC4C5(C)CCC(O)C(C)(C(=O)OC)C5CCC43C)C2C1. The second-order valence-electron chi connectivity index (χ2n) is 18.9. The number of fused-ring (bicyclic) bond motifs is 7. The minimum absolute atomic E-state index is 0.0231. The standard InChI is InChI=1S/C41H62O14/c1-36(21-53-29(45)18-28(44)51-6)14-16-41(35(50)55-33-32(48)31(47)30(46)24(20-42)54-33)17-15-38(3)22(23(41)19-36)8-9-25-37(2)12-11-27(43)40(5,34(49)52-7)26(37)10-13-39(25,38)4/h8,23-27,30-33,42-43,46-48H,9-21H2,1-7H3. The lowest BCUT2D eigenvalue weighted by atomic mass is 9.33. The Balaban J connectivity index is 1.37. The fourth-order valence-electron chi connectivity index (χ4n) is 12.7. The van der Waals surface area contributed by atoms with E-state index < -0.39 is 84.0 Å². The number of aliphatic hydroxyl groups excluding tert-OH is 5. The Morgan fingerprint density at radius 3 is 2.15 bits per heavy atom. The normalized spacial score (nSPS) is 47.7. The number of carbonyl (C=O) groups excluding carboxylic acids is 4. The highest BCUT2D eigenvalue weighted by Crippen LogP contribution is 2.76. The molecular weight excluding hydrogens is 716 g/mol. The van der Waals surface area contributed by atoms with Crippen LogP contribution in [0.15, 0.2) is 11.6 Å². The highest BCUT2D eigenvalue weighted by atomic mass is 16.7. The van der Waals surface area contributed by atoms with Crippen LogP contribution in [0.5, 0.6) is 0 Å². The topological polar surface area (TPSA) is 216 Å². The van der Waals surface area contributed by atoms with Gasteiger partial charge in [0.25, 0.3) is 0 Å². The number of rotatable bonds is 8. The van der Waals surface area contributed by atoms with Crippen LogP contribution in [0.3, 0.4) is 0 Å². The first-order valence-corrected chi connectivity index (χ1v) is 19.9. The first-order chi connectivity index (χ1) is 25.7. The van der Waals surface area contributed by atoms with E-state index in [-0.39, 0.29) is 46.6 Å². The van der Waals surface area contributed by atoms with Crippen LogP contribution in [0.2, 0.25) is 0 Å². The molecule has 6 aliphatic rings. The summed E-state index contributed by atoms with van der Waals surface area (Å²) in [6, 6.07) is 0. The number of hydrogen-bond acceptors (Lipinski definition) is 14. The molecule has 55 heavy (non-hydrogen) atoms. The van der Waals surface area contributed by atoms with Crippen molar-refractivity contribution in [1.82, 2.24) is 0 Å². The van der Waals surface area contributed by atoms with Crippen molar-refractivity contribution in [2.75, 3.05) is 27.4 Å². The van der Waals surface area contributed by atoms with E-state index >= 15 is 0 Å². The molecule has 0 spiro atoms. The lowest BCUT2D eigenvalue weighted by Crippen LogP contribution is -2.67. The third kappa shape index (κ3) is 6.36. The first-order valence-electron chi connectivity index (χ1n) is 19.9. The molecule has 1 aliphatic heterocycles. The van der Waals surface area contributed by atoms with E-state index in [1.54, 1.807) is 0 Å². The van der Waals surface area contributed by atoms with Crippen LogP contribution in [0.4, 0.5) is 0 Å². The molecule has 5 fully saturated rings. The Bertz CT molecular complexity index is 1560. The third-order valence-electron chi connectivity index (χ3n) is 16.3. The average molecular weight is 779 g/mol. The highest BCUT2D eigenvalue weighted by Gasteiger charge is 2.71. The fourth-order valence-corrected chi connectivity index (χ4v) is 12.7. The zero-order valence-electron chi connectivity index (χ0n) is 33.4. The average Bonchev–Trinajstić information content (AvgIpc) is 3.15. The molecule has 0 bridgehead atoms. The second-order valence-corrected chi connectivity index (χ2v) is 18.9. The molecule has 15 unspecified atom stereocenters. The smallest absolute Gasteiger partial charge is 0.317 e. The van der Waals surface area contributed by atoms with E-state index in [0.717, 1.165) is 24.8 Å². The monoisotopic (exact) mass is 778 g/mol. The summed E-state index contributed by atoms with van der Waals surface area (Å²) in [5.74, 6) is -2.70. The second kappa shape index (κ2) is 14.6. The summed E-state index contributed by atoms with van der Waals surface area (Å²) < 4.78 is 27.2. The molecule has 5 aliphatic carbocycles. The van der Waals surface area contributed by atoms with Gasteiger partial charge in [-0.25, -0.2) is 0 Å². The van der Waals surface area contributed by atoms with Gasteiger partial charge in [0, 0.05) is 5.41 Å². The van der Waals surface area contributed by atoms with E-state index in [1.165, 1.54) is 14.2 Å². The van der Waals surface area contributed by atoms with Crippen molar-refractivity contribution >= 4 is 23.9 Å². The van der Waals surface area contributed by atoms with E-state index in [1.807, 2.05) is 13.8 Å². The van der Waals surface area contributed by atoms with Gasteiger partial charge in [-0.3, -0.25) is 19.2 Å². The van der Waals surface area contributed by atoms with Crippen molar-refractivity contribution in [2.24, 2.45) is 50.2 Å². The Morgan fingerprint density at radius 2 is 1.49 bits per heavy atom. The molecule has 1 heterocycles. The maximum absolute atomic E-state index is 14.7. The number of carbonyl (C=O) groups is 4. The Labute approximate surface area is 323 Å². The van der Waals surface area contributed by atoms with Gasteiger partial charge < -0.3 is 49.2 Å². The van der Waals surface area contributed by atoms with Crippen molar-refractivity contribution in [2.45, 2.75) is 142 Å². The summed E-state index contributed by atoms with van der Waals surface area (Å²) >= 11 is 0. The van der Waals surface area contributed by atoms with Gasteiger partial charge in [0.05, 0.1) is 44.4 Å². The van der Waals surface area contributed by atoms with Crippen molar-refractivity contribution in [3.05, 3.63) is 11.6 Å². The maximum atomic E-state index is 14.7. The number of aliphatic hydroxyl groups is 5. The lowest BCUT2D eigenvalue weighted by Gasteiger charge is -2.71. The minimum atomic E-state index is -1.75. The lowest BCUT2D eigenvalue weighted by molar-refractivity contribution is -0.297. The summed E-state index contributed by atoms with van der Waals surface area (Å²) in [6.07, 6.45) is -1.11. The summed E-state index contributed by atoms with van der Waals surface area (Å²) in [5, 5.41) is 52.8. The van der Waals surface area contributed by atoms with Crippen LogP contribution < -0.4 is 0 Å². The van der Waals surface area contributed by atoms with Gasteiger partial charge in [-0.1, -0.05) is 39.3 Å². The Kier molecular flexibility index (Phi) is 11.2. The zero-order valence-corrected chi connectivity index (χ0v) is 33.4. The zero-order chi connectivity index (χ0) is 40.5. The summed E-state index contributed by atoms with van der Waals surface area (Å²) in [4.78, 5) is 52.5. The van der Waals surface area contributed by atoms with Gasteiger partial charge in [-0.15, -0.1) is 0 Å². The van der Waals surface area contributed by atoms with Crippen LogP contribution in [0.25, 0.3) is 0 Å². The van der Waals surface area contributed by atoms with Crippen molar-refractivity contribution in [1.29, 1.82) is 0 Å². The first kappa shape index (κ1) is 42.0. The van der Waals surface area contributed by atoms with Gasteiger partial charge in [-0.2, -0.15) is 0 Å². The molecular formula is C41H62O14. The molecule has 14 heteroatoms. The summed E-state index contributed by atoms with van der Waals surface area (Å²) in [5.41, 5.74) is -2.49. The number of hydrogen-bond donors (Lipinski definition) is 5. The van der Waals surface area contributed by atoms with Crippen LogP contribution >= 0.6 is 0 Å². The quantitative estimate of drug-likeness (QED) is 0.104. The maximum Gasteiger partial charge on any atom is 0.317 e. The third-order valence-corrected chi connectivity index (χ3v) is 16.3. The number of methoxy groups -OCH3 is 2. The van der Waals surface area contributed by atoms with Crippen molar-refractivity contribution < 1.29 is 68.4 Å².